The van der Waals surface area contributed by atoms with Crippen molar-refractivity contribution in [2.24, 2.45) is 0 Å². The molecule has 0 bridgehead atoms. The van der Waals surface area contributed by atoms with Gasteiger partial charge in [0, 0.05) is 35.1 Å². The van der Waals surface area contributed by atoms with Crippen molar-refractivity contribution in [2.45, 2.75) is 24.9 Å². The van der Waals surface area contributed by atoms with E-state index in [1.165, 1.54) is 12.7 Å². The van der Waals surface area contributed by atoms with E-state index < -0.39 is 17.4 Å². The molecule has 190 valence electrons. The van der Waals surface area contributed by atoms with Crippen LogP contribution in [0, 0.1) is 0 Å². The van der Waals surface area contributed by atoms with Gasteiger partial charge in [0.1, 0.15) is 0 Å². The minimum absolute atomic E-state index is 0.347. The molecule has 0 saturated carbocycles. The fourth-order valence-electron chi connectivity index (χ4n) is 5.24. The standard InChI is InChI=1S/C33H30N2O3/c1-24(29-23-35(22-25-14-6-3-7-15-25)30-21-13-12-20-28(29)30)33(32(37)38-2,27-18-10-5-11-19-27)34-31(36)26-16-8-4-9-17-26/h3-21,23-24H,22H2,1-2H3,(H,34,36)/t24-,33-/m0/s1. The number of benzene rings is 4. The second-order valence-electron chi connectivity index (χ2n) is 9.42. The SMILES string of the molecule is COC(=O)[C@@](NC(=O)c1ccccc1)(c1ccccc1)[C@@H](C)c1cn(Cc2ccccc2)c2ccccc12. The third-order valence-electron chi connectivity index (χ3n) is 7.21. The minimum Gasteiger partial charge on any atom is -0.467 e. The van der Waals surface area contributed by atoms with Gasteiger partial charge in [-0.15, -0.1) is 0 Å². The Bertz CT molecular complexity index is 1550. The molecule has 0 fully saturated rings. The lowest BCUT2D eigenvalue weighted by molar-refractivity contribution is -0.149. The number of ether oxygens (including phenoxy) is 1. The minimum atomic E-state index is -1.47. The molecular formula is C33H30N2O3. The van der Waals surface area contributed by atoms with Crippen molar-refractivity contribution in [3.63, 3.8) is 0 Å². The van der Waals surface area contributed by atoms with E-state index >= 15 is 0 Å². The number of carbonyl (C=O) groups excluding carboxylic acids is 2. The Morgan fingerprint density at radius 1 is 0.816 bits per heavy atom. The lowest BCUT2D eigenvalue weighted by Gasteiger charge is -2.38. The Labute approximate surface area is 222 Å². The number of hydrogen-bond donors (Lipinski definition) is 1. The van der Waals surface area contributed by atoms with E-state index in [2.05, 4.69) is 40.3 Å². The fourth-order valence-corrected chi connectivity index (χ4v) is 5.24. The normalized spacial score (nSPS) is 13.4. The number of esters is 1. The first-order valence-corrected chi connectivity index (χ1v) is 12.7. The zero-order chi connectivity index (χ0) is 26.5. The van der Waals surface area contributed by atoms with Gasteiger partial charge in [0.15, 0.2) is 5.54 Å². The number of amides is 1. The van der Waals surface area contributed by atoms with Crippen LogP contribution in [0.3, 0.4) is 0 Å². The lowest BCUT2D eigenvalue weighted by atomic mass is 9.75. The molecular weight excluding hydrogens is 472 g/mol. The molecule has 1 amide bonds. The van der Waals surface area contributed by atoms with Crippen LogP contribution in [0.25, 0.3) is 10.9 Å². The highest BCUT2D eigenvalue weighted by Crippen LogP contribution is 2.42. The maximum Gasteiger partial charge on any atom is 0.336 e. The molecule has 1 heterocycles. The van der Waals surface area contributed by atoms with E-state index in [0.29, 0.717) is 17.7 Å². The van der Waals surface area contributed by atoms with Crippen LogP contribution in [0.1, 0.15) is 39.9 Å². The largest absolute Gasteiger partial charge is 0.467 e. The van der Waals surface area contributed by atoms with Crippen LogP contribution in [-0.2, 0) is 21.6 Å². The topological polar surface area (TPSA) is 60.3 Å². The fraction of sp³-hybridized carbons (Fsp3) is 0.152. The molecule has 5 heteroatoms. The van der Waals surface area contributed by atoms with Gasteiger partial charge in [-0.25, -0.2) is 4.79 Å². The number of carbonyl (C=O) groups is 2. The Morgan fingerprint density at radius 3 is 2.05 bits per heavy atom. The van der Waals surface area contributed by atoms with E-state index in [-0.39, 0.29) is 5.91 Å². The molecule has 0 saturated heterocycles. The average molecular weight is 503 g/mol. The number of aromatic nitrogens is 1. The van der Waals surface area contributed by atoms with Gasteiger partial charge < -0.3 is 14.6 Å². The van der Waals surface area contributed by atoms with Crippen LogP contribution in [0.2, 0.25) is 0 Å². The monoisotopic (exact) mass is 502 g/mol. The quantitative estimate of drug-likeness (QED) is 0.254. The number of para-hydroxylation sites is 1. The molecule has 5 aromatic rings. The summed E-state index contributed by atoms with van der Waals surface area (Å²) in [6.07, 6.45) is 2.09. The highest BCUT2D eigenvalue weighted by Gasteiger charge is 2.49. The van der Waals surface area contributed by atoms with E-state index in [0.717, 1.165) is 16.5 Å². The van der Waals surface area contributed by atoms with Gasteiger partial charge in [-0.1, -0.05) is 104 Å². The average Bonchev–Trinajstić information content (AvgIpc) is 3.34. The number of fused-ring (bicyclic) bond motifs is 1. The van der Waals surface area contributed by atoms with E-state index in [1.807, 2.05) is 73.7 Å². The maximum absolute atomic E-state index is 13.8. The number of hydrogen-bond acceptors (Lipinski definition) is 3. The van der Waals surface area contributed by atoms with Crippen molar-refractivity contribution < 1.29 is 14.3 Å². The molecule has 1 aromatic heterocycles. The van der Waals surface area contributed by atoms with Crippen molar-refractivity contribution >= 4 is 22.8 Å². The van der Waals surface area contributed by atoms with Gasteiger partial charge in [0.25, 0.3) is 5.91 Å². The Kier molecular flexibility index (Phi) is 7.09. The van der Waals surface area contributed by atoms with E-state index in [4.69, 9.17) is 4.74 Å². The second kappa shape index (κ2) is 10.8. The van der Waals surface area contributed by atoms with E-state index in [1.54, 1.807) is 24.3 Å². The molecule has 0 aliphatic carbocycles. The van der Waals surface area contributed by atoms with E-state index in [9.17, 15) is 9.59 Å². The summed E-state index contributed by atoms with van der Waals surface area (Å²) in [5, 5.41) is 4.14. The van der Waals surface area contributed by atoms with Crippen molar-refractivity contribution in [1.29, 1.82) is 0 Å². The Morgan fingerprint density at radius 2 is 1.39 bits per heavy atom. The summed E-state index contributed by atoms with van der Waals surface area (Å²) in [4.78, 5) is 27.4. The molecule has 0 aliphatic heterocycles. The molecule has 0 spiro atoms. The zero-order valence-electron chi connectivity index (χ0n) is 21.5. The second-order valence-corrected chi connectivity index (χ2v) is 9.42. The summed E-state index contributed by atoms with van der Waals surface area (Å²) < 4.78 is 7.60. The van der Waals surface area contributed by atoms with Crippen molar-refractivity contribution in [2.75, 3.05) is 7.11 Å². The zero-order valence-corrected chi connectivity index (χ0v) is 21.5. The van der Waals surface area contributed by atoms with Gasteiger partial charge in [0.05, 0.1) is 7.11 Å². The van der Waals surface area contributed by atoms with Crippen LogP contribution in [0.15, 0.2) is 121 Å². The number of nitrogens with zero attached hydrogens (tertiary/aromatic N) is 1. The summed E-state index contributed by atoms with van der Waals surface area (Å²) in [5.41, 5.74) is 2.83. The van der Waals surface area contributed by atoms with Gasteiger partial charge in [-0.2, -0.15) is 0 Å². The molecule has 0 aliphatic rings. The maximum atomic E-state index is 13.8. The first-order chi connectivity index (χ1) is 18.5. The van der Waals surface area contributed by atoms with Gasteiger partial charge in [0.2, 0.25) is 0 Å². The highest BCUT2D eigenvalue weighted by atomic mass is 16.5. The first kappa shape index (κ1) is 25.0. The smallest absolute Gasteiger partial charge is 0.336 e. The molecule has 38 heavy (non-hydrogen) atoms. The lowest BCUT2D eigenvalue weighted by Crippen LogP contribution is -2.55. The number of nitrogens with one attached hydrogen (secondary N) is 1. The summed E-state index contributed by atoms with van der Waals surface area (Å²) >= 11 is 0. The molecule has 0 radical (unpaired) electrons. The van der Waals surface area contributed by atoms with Crippen LogP contribution in [0.5, 0.6) is 0 Å². The molecule has 5 rings (SSSR count). The summed E-state index contributed by atoms with van der Waals surface area (Å²) in [6, 6.07) is 36.7. The van der Waals surface area contributed by atoms with Gasteiger partial charge in [-0.05, 0) is 34.9 Å². The van der Waals surface area contributed by atoms with Crippen LogP contribution < -0.4 is 5.32 Å². The third-order valence-corrected chi connectivity index (χ3v) is 7.21. The first-order valence-electron chi connectivity index (χ1n) is 12.7. The summed E-state index contributed by atoms with van der Waals surface area (Å²) in [7, 11) is 1.36. The summed E-state index contributed by atoms with van der Waals surface area (Å²) in [5.74, 6) is -1.34. The van der Waals surface area contributed by atoms with Crippen LogP contribution in [-0.4, -0.2) is 23.6 Å². The molecule has 4 aromatic carbocycles. The molecule has 1 N–H and O–H groups in total. The molecule has 2 atom stereocenters. The predicted octanol–water partition coefficient (Wildman–Crippen LogP) is 6.29. The van der Waals surface area contributed by atoms with Crippen molar-refractivity contribution in [1.82, 2.24) is 9.88 Å². The van der Waals surface area contributed by atoms with Gasteiger partial charge >= 0.3 is 5.97 Å². The van der Waals surface area contributed by atoms with Crippen molar-refractivity contribution in [3.05, 3.63) is 144 Å². The summed E-state index contributed by atoms with van der Waals surface area (Å²) in [6.45, 7) is 2.66. The number of methoxy groups -OCH3 is 1. The molecule has 5 nitrogen and oxygen atoms in total. The highest BCUT2D eigenvalue weighted by molar-refractivity contribution is 5.99. The third kappa shape index (κ3) is 4.59. The van der Waals surface area contributed by atoms with Gasteiger partial charge in [-0.3, -0.25) is 4.79 Å². The number of rotatable bonds is 8. The Hall–Kier alpha value is -4.64. The molecule has 0 unspecified atom stereocenters. The van der Waals surface area contributed by atoms with Crippen LogP contribution in [0.4, 0.5) is 0 Å². The van der Waals surface area contributed by atoms with Crippen LogP contribution >= 0.6 is 0 Å². The van der Waals surface area contributed by atoms with Crippen molar-refractivity contribution in [3.8, 4) is 0 Å². The predicted molar refractivity (Wildman–Crippen MR) is 150 cm³/mol. The Balaban J connectivity index is 1.68.